The molecule has 1 atom stereocenters. The van der Waals surface area contributed by atoms with E-state index in [-0.39, 0.29) is 11.9 Å². The van der Waals surface area contributed by atoms with Gasteiger partial charge in [0.25, 0.3) is 0 Å². The van der Waals surface area contributed by atoms with E-state index >= 15 is 0 Å². The molecule has 1 amide bonds. The first-order valence-corrected chi connectivity index (χ1v) is 10.0. The number of likely N-dealkylation sites (tertiary alicyclic amines) is 1. The van der Waals surface area contributed by atoms with E-state index in [0.29, 0.717) is 6.42 Å². The highest BCUT2D eigenvalue weighted by molar-refractivity contribution is 5.80. The lowest BCUT2D eigenvalue weighted by Gasteiger charge is -2.35. The van der Waals surface area contributed by atoms with Gasteiger partial charge in [0.1, 0.15) is 5.75 Å². The zero-order chi connectivity index (χ0) is 20.2. The first-order valence-electron chi connectivity index (χ1n) is 10.0. The number of pyridine rings is 1. The number of amides is 1. The molecular weight excluding hydrogens is 364 g/mol. The quantitative estimate of drug-likeness (QED) is 0.665. The van der Waals surface area contributed by atoms with Gasteiger partial charge in [-0.1, -0.05) is 12.1 Å². The van der Waals surface area contributed by atoms with Crippen LogP contribution in [0.1, 0.15) is 36.6 Å². The molecule has 29 heavy (non-hydrogen) atoms. The third-order valence-corrected chi connectivity index (χ3v) is 5.50. The molecule has 4 rings (SSSR count). The Morgan fingerprint density at radius 3 is 2.62 bits per heavy atom. The molecule has 6 nitrogen and oxygen atoms in total. The lowest BCUT2D eigenvalue weighted by molar-refractivity contribution is -0.134. The molecule has 0 N–H and O–H groups in total. The normalized spacial score (nSPS) is 16.6. The molecule has 0 spiro atoms. The number of carbonyl (C=O) groups excluding carboxylic acids is 1. The third kappa shape index (κ3) is 4.16. The highest BCUT2D eigenvalue weighted by atomic mass is 16.5. The molecule has 3 heterocycles. The van der Waals surface area contributed by atoms with Gasteiger partial charge in [-0.2, -0.15) is 5.10 Å². The van der Waals surface area contributed by atoms with Crippen molar-refractivity contribution in [2.75, 3.05) is 13.7 Å². The molecule has 0 saturated carbocycles. The Kier molecular flexibility index (Phi) is 5.60. The Bertz CT molecular complexity index is 966. The van der Waals surface area contributed by atoms with E-state index in [9.17, 15) is 4.79 Å². The molecule has 1 aromatic carbocycles. The van der Waals surface area contributed by atoms with Gasteiger partial charge >= 0.3 is 0 Å². The molecule has 1 aliphatic heterocycles. The van der Waals surface area contributed by atoms with Crippen molar-refractivity contribution >= 4 is 5.91 Å². The van der Waals surface area contributed by atoms with Crippen LogP contribution in [0.3, 0.4) is 0 Å². The molecule has 1 saturated heterocycles. The Labute approximate surface area is 171 Å². The number of benzene rings is 1. The SMILES string of the molecule is COc1ccc(CC(=O)N2CCCC[C@@H]2c2nn(C)cc2-c2ccncc2)cc1. The summed E-state index contributed by atoms with van der Waals surface area (Å²) in [5, 5.41) is 4.76. The second-order valence-corrected chi connectivity index (χ2v) is 7.46. The highest BCUT2D eigenvalue weighted by Gasteiger charge is 2.31. The highest BCUT2D eigenvalue weighted by Crippen LogP contribution is 2.36. The zero-order valence-electron chi connectivity index (χ0n) is 16.9. The lowest BCUT2D eigenvalue weighted by atomic mass is 9.94. The first-order chi connectivity index (χ1) is 14.2. The summed E-state index contributed by atoms with van der Waals surface area (Å²) in [4.78, 5) is 19.3. The van der Waals surface area contributed by atoms with Crippen LogP contribution >= 0.6 is 0 Å². The summed E-state index contributed by atoms with van der Waals surface area (Å²) in [5.74, 6) is 0.943. The number of hydrogen-bond donors (Lipinski definition) is 0. The Balaban J connectivity index is 1.60. The maximum Gasteiger partial charge on any atom is 0.227 e. The molecule has 0 radical (unpaired) electrons. The molecule has 1 fully saturated rings. The molecule has 6 heteroatoms. The Hall–Kier alpha value is -3.15. The maximum absolute atomic E-state index is 13.2. The van der Waals surface area contributed by atoms with Crippen molar-refractivity contribution in [3.63, 3.8) is 0 Å². The van der Waals surface area contributed by atoms with Crippen molar-refractivity contribution in [1.82, 2.24) is 19.7 Å². The molecule has 0 unspecified atom stereocenters. The fourth-order valence-electron chi connectivity index (χ4n) is 4.04. The summed E-state index contributed by atoms with van der Waals surface area (Å²) in [6.07, 6.45) is 9.07. The lowest BCUT2D eigenvalue weighted by Crippen LogP contribution is -2.39. The van der Waals surface area contributed by atoms with Gasteiger partial charge in [-0.3, -0.25) is 14.5 Å². The van der Waals surface area contributed by atoms with Crippen LogP contribution in [0.5, 0.6) is 5.75 Å². The summed E-state index contributed by atoms with van der Waals surface area (Å²) in [5.41, 5.74) is 4.12. The van der Waals surface area contributed by atoms with Crippen LogP contribution in [0.4, 0.5) is 0 Å². The molecule has 2 aromatic heterocycles. The zero-order valence-corrected chi connectivity index (χ0v) is 16.9. The van der Waals surface area contributed by atoms with Crippen LogP contribution in [-0.2, 0) is 18.3 Å². The smallest absolute Gasteiger partial charge is 0.227 e. The van der Waals surface area contributed by atoms with Gasteiger partial charge in [0.2, 0.25) is 5.91 Å². The second-order valence-electron chi connectivity index (χ2n) is 7.46. The van der Waals surface area contributed by atoms with Gasteiger partial charge in [-0.15, -0.1) is 0 Å². The van der Waals surface area contributed by atoms with E-state index in [1.807, 2.05) is 59.2 Å². The third-order valence-electron chi connectivity index (χ3n) is 5.50. The average Bonchev–Trinajstić information content (AvgIpc) is 3.16. The number of rotatable bonds is 5. The minimum Gasteiger partial charge on any atom is -0.497 e. The number of methoxy groups -OCH3 is 1. The minimum atomic E-state index is -0.00105. The molecular formula is C23H26N4O2. The molecule has 1 aliphatic rings. The molecule has 3 aromatic rings. The van der Waals surface area contributed by atoms with Gasteiger partial charge in [0.05, 0.1) is 25.3 Å². The predicted octanol–water partition coefficient (Wildman–Crippen LogP) is 3.79. The van der Waals surface area contributed by atoms with Crippen LogP contribution < -0.4 is 4.74 Å². The van der Waals surface area contributed by atoms with Crippen LogP contribution in [0.2, 0.25) is 0 Å². The number of carbonyl (C=O) groups is 1. The van der Waals surface area contributed by atoms with Gasteiger partial charge in [0.15, 0.2) is 0 Å². The summed E-state index contributed by atoms with van der Waals surface area (Å²) < 4.78 is 7.05. The second kappa shape index (κ2) is 8.47. The van der Waals surface area contributed by atoms with E-state index in [4.69, 9.17) is 9.84 Å². The number of ether oxygens (including phenoxy) is 1. The monoisotopic (exact) mass is 390 g/mol. The minimum absolute atomic E-state index is 0.00105. The predicted molar refractivity (Wildman–Crippen MR) is 111 cm³/mol. The van der Waals surface area contributed by atoms with Crippen LogP contribution in [-0.4, -0.2) is 39.2 Å². The number of hydrogen-bond acceptors (Lipinski definition) is 4. The van der Waals surface area contributed by atoms with Crippen LogP contribution in [0, 0.1) is 0 Å². The number of nitrogens with zero attached hydrogens (tertiary/aromatic N) is 4. The summed E-state index contributed by atoms with van der Waals surface area (Å²) in [7, 11) is 3.58. The number of piperidine rings is 1. The first kappa shape index (κ1) is 19.2. The van der Waals surface area contributed by atoms with Crippen molar-refractivity contribution in [1.29, 1.82) is 0 Å². The Morgan fingerprint density at radius 1 is 1.14 bits per heavy atom. The van der Waals surface area contributed by atoms with Gasteiger partial charge in [-0.25, -0.2) is 0 Å². The fourth-order valence-corrected chi connectivity index (χ4v) is 4.04. The topological polar surface area (TPSA) is 60.2 Å². The van der Waals surface area contributed by atoms with Crippen molar-refractivity contribution in [3.05, 3.63) is 66.2 Å². The van der Waals surface area contributed by atoms with E-state index in [1.165, 1.54) is 0 Å². The van der Waals surface area contributed by atoms with Crippen LogP contribution in [0.25, 0.3) is 11.1 Å². The van der Waals surface area contributed by atoms with E-state index in [0.717, 1.165) is 53.9 Å². The van der Waals surface area contributed by atoms with E-state index < -0.39 is 0 Å². The van der Waals surface area contributed by atoms with E-state index in [2.05, 4.69) is 4.98 Å². The Morgan fingerprint density at radius 2 is 1.90 bits per heavy atom. The summed E-state index contributed by atoms with van der Waals surface area (Å²) >= 11 is 0. The largest absolute Gasteiger partial charge is 0.497 e. The summed E-state index contributed by atoms with van der Waals surface area (Å²) in [6, 6.07) is 11.7. The van der Waals surface area contributed by atoms with Crippen molar-refractivity contribution in [2.45, 2.75) is 31.7 Å². The number of aryl methyl sites for hydroxylation is 1. The fraction of sp³-hybridized carbons (Fsp3) is 0.348. The maximum atomic E-state index is 13.2. The number of aromatic nitrogens is 3. The van der Waals surface area contributed by atoms with Crippen molar-refractivity contribution < 1.29 is 9.53 Å². The average molecular weight is 390 g/mol. The van der Waals surface area contributed by atoms with E-state index in [1.54, 1.807) is 19.5 Å². The standard InChI is InChI=1S/C23H26N4O2/c1-26-16-20(18-10-12-24-13-11-18)23(25-26)21-5-3-4-14-27(21)22(28)15-17-6-8-19(29-2)9-7-17/h6-13,16,21H,3-5,14-15H2,1-2H3/t21-/m1/s1. The van der Waals surface area contributed by atoms with Crippen molar-refractivity contribution in [2.24, 2.45) is 7.05 Å². The van der Waals surface area contributed by atoms with Gasteiger partial charge in [-0.05, 0) is 54.7 Å². The van der Waals surface area contributed by atoms with Gasteiger partial charge in [0, 0.05) is 37.7 Å². The molecule has 0 bridgehead atoms. The summed E-state index contributed by atoms with van der Waals surface area (Å²) in [6.45, 7) is 0.770. The van der Waals surface area contributed by atoms with Gasteiger partial charge < -0.3 is 9.64 Å². The van der Waals surface area contributed by atoms with Crippen LogP contribution in [0.15, 0.2) is 55.0 Å². The molecule has 0 aliphatic carbocycles. The van der Waals surface area contributed by atoms with Crippen molar-refractivity contribution in [3.8, 4) is 16.9 Å². The molecule has 150 valence electrons.